The highest BCUT2D eigenvalue weighted by molar-refractivity contribution is 8.00. The first-order valence-electron chi connectivity index (χ1n) is 4.34. The molecular weight excluding hydrogens is 140 g/mol. The Labute approximate surface area is 67.8 Å². The molecule has 0 aromatic carbocycles. The molecule has 0 aliphatic heterocycles. The fourth-order valence-electron chi connectivity index (χ4n) is 1.99. The summed E-state index contributed by atoms with van der Waals surface area (Å²) in [6.45, 7) is 2.46. The summed E-state index contributed by atoms with van der Waals surface area (Å²) in [7, 11) is 0. The van der Waals surface area contributed by atoms with Gasteiger partial charge in [0.05, 0.1) is 0 Å². The number of thioether (sulfide) groups is 1. The first kappa shape index (κ1) is 7.02. The lowest BCUT2D eigenvalue weighted by Crippen LogP contribution is -2.16. The van der Waals surface area contributed by atoms with Crippen LogP contribution < -0.4 is 0 Å². The minimum atomic E-state index is 0.751. The molecule has 0 spiro atoms. The smallest absolute Gasteiger partial charge is 0.0186 e. The van der Waals surface area contributed by atoms with Crippen molar-refractivity contribution in [2.75, 3.05) is 6.26 Å². The van der Waals surface area contributed by atoms with E-state index in [2.05, 4.69) is 24.9 Å². The largest absolute Gasteiger partial charge is 0.158 e. The minimum Gasteiger partial charge on any atom is -0.158 e. The van der Waals surface area contributed by atoms with E-state index in [0.29, 0.717) is 0 Å². The highest BCUT2D eigenvalue weighted by atomic mass is 32.2. The maximum Gasteiger partial charge on any atom is 0.0186 e. The summed E-state index contributed by atoms with van der Waals surface area (Å²) in [5, 5.41) is 0. The molecule has 1 atom stereocenters. The molecule has 0 saturated heterocycles. The van der Waals surface area contributed by atoms with Crippen molar-refractivity contribution in [2.45, 2.75) is 37.4 Å². The monoisotopic (exact) mass is 156 g/mol. The van der Waals surface area contributed by atoms with Crippen molar-refractivity contribution in [1.82, 2.24) is 0 Å². The van der Waals surface area contributed by atoms with Crippen molar-refractivity contribution >= 4 is 11.8 Å². The van der Waals surface area contributed by atoms with Crippen LogP contribution in [0.1, 0.15) is 32.6 Å². The first-order valence-corrected chi connectivity index (χ1v) is 5.56. The molecular formula is C9H16S. The van der Waals surface area contributed by atoms with E-state index < -0.39 is 0 Å². The molecule has 1 heteroatoms. The third-order valence-corrected chi connectivity index (χ3v) is 4.90. The van der Waals surface area contributed by atoms with Gasteiger partial charge in [-0.15, -0.1) is 0 Å². The average Bonchev–Trinajstić information content (AvgIpc) is 2.84. The topological polar surface area (TPSA) is 0 Å². The van der Waals surface area contributed by atoms with Crippen molar-refractivity contribution in [3.05, 3.63) is 0 Å². The Morgan fingerprint density at radius 2 is 2.00 bits per heavy atom. The van der Waals surface area contributed by atoms with E-state index in [-0.39, 0.29) is 0 Å². The summed E-state index contributed by atoms with van der Waals surface area (Å²) in [6, 6.07) is 0. The molecule has 58 valence electrons. The van der Waals surface area contributed by atoms with Crippen LogP contribution in [0.3, 0.4) is 0 Å². The van der Waals surface area contributed by atoms with Gasteiger partial charge in [-0.3, -0.25) is 0 Å². The van der Waals surface area contributed by atoms with Crippen LogP contribution in [-0.2, 0) is 0 Å². The Morgan fingerprint density at radius 1 is 1.40 bits per heavy atom. The van der Waals surface area contributed by atoms with Gasteiger partial charge in [-0.2, -0.15) is 11.8 Å². The normalized spacial score (nSPS) is 31.8. The van der Waals surface area contributed by atoms with Crippen LogP contribution in [-0.4, -0.2) is 11.0 Å². The van der Waals surface area contributed by atoms with E-state index in [1.54, 1.807) is 0 Å². The van der Waals surface area contributed by atoms with Gasteiger partial charge in [0.15, 0.2) is 0 Å². The van der Waals surface area contributed by atoms with Crippen LogP contribution in [0, 0.1) is 11.8 Å². The summed E-state index contributed by atoms with van der Waals surface area (Å²) in [4.78, 5) is 0. The highest BCUT2D eigenvalue weighted by Crippen LogP contribution is 2.58. The lowest BCUT2D eigenvalue weighted by Gasteiger charge is -2.20. The molecule has 0 N–H and O–H groups in total. The SMILES string of the molecule is CSC1(C(C)C2CC2)CC1. The Hall–Kier alpha value is 0.350. The quantitative estimate of drug-likeness (QED) is 0.605. The molecule has 1 unspecified atom stereocenters. The van der Waals surface area contributed by atoms with Gasteiger partial charge < -0.3 is 0 Å². The molecule has 0 aromatic rings. The van der Waals surface area contributed by atoms with Crippen LogP contribution in [0.2, 0.25) is 0 Å². The molecule has 2 rings (SSSR count). The van der Waals surface area contributed by atoms with E-state index in [4.69, 9.17) is 0 Å². The Morgan fingerprint density at radius 3 is 2.30 bits per heavy atom. The maximum absolute atomic E-state index is 2.46. The molecule has 10 heavy (non-hydrogen) atoms. The molecule has 2 fully saturated rings. The second-order valence-corrected chi connectivity index (χ2v) is 5.12. The van der Waals surface area contributed by atoms with E-state index in [0.717, 1.165) is 16.6 Å². The molecule has 0 nitrogen and oxygen atoms in total. The molecule has 0 heterocycles. The Balaban J connectivity index is 1.95. The molecule has 2 aliphatic rings. The van der Waals surface area contributed by atoms with E-state index in [1.165, 1.54) is 25.7 Å². The summed E-state index contributed by atoms with van der Waals surface area (Å²) in [5.41, 5.74) is 0. The van der Waals surface area contributed by atoms with Crippen LogP contribution in [0.5, 0.6) is 0 Å². The van der Waals surface area contributed by atoms with Gasteiger partial charge in [0.2, 0.25) is 0 Å². The van der Waals surface area contributed by atoms with Crippen molar-refractivity contribution in [3.63, 3.8) is 0 Å². The van der Waals surface area contributed by atoms with Gasteiger partial charge in [0.25, 0.3) is 0 Å². The van der Waals surface area contributed by atoms with E-state index in [9.17, 15) is 0 Å². The van der Waals surface area contributed by atoms with Gasteiger partial charge in [-0.1, -0.05) is 6.92 Å². The van der Waals surface area contributed by atoms with Gasteiger partial charge in [0, 0.05) is 4.75 Å². The zero-order valence-corrected chi connectivity index (χ0v) is 7.71. The van der Waals surface area contributed by atoms with Crippen LogP contribution in [0.15, 0.2) is 0 Å². The molecule has 0 bridgehead atoms. The van der Waals surface area contributed by atoms with Crippen molar-refractivity contribution in [1.29, 1.82) is 0 Å². The second kappa shape index (κ2) is 2.17. The zero-order valence-electron chi connectivity index (χ0n) is 6.89. The number of hydrogen-bond donors (Lipinski definition) is 0. The van der Waals surface area contributed by atoms with E-state index in [1.807, 2.05) is 0 Å². The zero-order chi connectivity index (χ0) is 7.19. The van der Waals surface area contributed by atoms with Crippen LogP contribution >= 0.6 is 11.8 Å². The van der Waals surface area contributed by atoms with E-state index >= 15 is 0 Å². The van der Waals surface area contributed by atoms with Crippen molar-refractivity contribution in [2.24, 2.45) is 11.8 Å². The van der Waals surface area contributed by atoms with Crippen LogP contribution in [0.25, 0.3) is 0 Å². The van der Waals surface area contributed by atoms with Crippen LogP contribution in [0.4, 0.5) is 0 Å². The van der Waals surface area contributed by atoms with Gasteiger partial charge >= 0.3 is 0 Å². The number of rotatable bonds is 3. The Kier molecular flexibility index (Phi) is 1.52. The van der Waals surface area contributed by atoms with Gasteiger partial charge in [-0.25, -0.2) is 0 Å². The lowest BCUT2D eigenvalue weighted by molar-refractivity contribution is 0.477. The molecule has 2 aliphatic carbocycles. The first-order chi connectivity index (χ1) is 4.78. The van der Waals surface area contributed by atoms with Crippen molar-refractivity contribution < 1.29 is 0 Å². The third-order valence-electron chi connectivity index (χ3n) is 3.31. The third kappa shape index (κ3) is 0.990. The average molecular weight is 156 g/mol. The summed E-state index contributed by atoms with van der Waals surface area (Å²) >= 11 is 2.11. The summed E-state index contributed by atoms with van der Waals surface area (Å²) in [5.74, 6) is 2.12. The molecule has 0 radical (unpaired) electrons. The fraction of sp³-hybridized carbons (Fsp3) is 1.00. The summed E-state index contributed by atoms with van der Waals surface area (Å²) < 4.78 is 0.751. The molecule has 0 amide bonds. The van der Waals surface area contributed by atoms with Crippen molar-refractivity contribution in [3.8, 4) is 0 Å². The summed E-state index contributed by atoms with van der Waals surface area (Å²) in [6.07, 6.45) is 8.30. The van der Waals surface area contributed by atoms with Gasteiger partial charge in [-0.05, 0) is 43.8 Å². The predicted octanol–water partition coefficient (Wildman–Crippen LogP) is 2.93. The lowest BCUT2D eigenvalue weighted by atomic mass is 10.0. The molecule has 0 aromatic heterocycles. The highest BCUT2D eigenvalue weighted by Gasteiger charge is 2.51. The minimum absolute atomic E-state index is 0.751. The Bertz CT molecular complexity index is 134. The fourth-order valence-corrected chi connectivity index (χ4v) is 3.07. The van der Waals surface area contributed by atoms with Gasteiger partial charge in [0.1, 0.15) is 0 Å². The molecule has 2 saturated carbocycles. The standard InChI is InChI=1S/C9H16S/c1-7(8-3-4-8)9(10-2)5-6-9/h7-8H,3-6H2,1-2H3. The second-order valence-electron chi connectivity index (χ2n) is 3.90. The maximum atomic E-state index is 2.46. The predicted molar refractivity (Wildman–Crippen MR) is 47.4 cm³/mol. The number of hydrogen-bond acceptors (Lipinski definition) is 1.